The lowest BCUT2D eigenvalue weighted by atomic mass is 10.1. The molecule has 1 N–H and O–H groups in total. The van der Waals surface area contributed by atoms with Crippen molar-refractivity contribution in [2.75, 3.05) is 0 Å². The van der Waals surface area contributed by atoms with Crippen LogP contribution < -0.4 is 4.74 Å². The van der Waals surface area contributed by atoms with E-state index >= 15 is 0 Å². The molecular formula is C15H13ClO3. The second kappa shape index (κ2) is 5.33. The van der Waals surface area contributed by atoms with E-state index in [2.05, 4.69) is 0 Å². The first kappa shape index (κ1) is 13.4. The van der Waals surface area contributed by atoms with E-state index in [0.29, 0.717) is 11.5 Å². The zero-order valence-electron chi connectivity index (χ0n) is 10.6. The predicted molar refractivity (Wildman–Crippen MR) is 74.4 cm³/mol. The molecule has 0 radical (unpaired) electrons. The minimum atomic E-state index is -1.01. The summed E-state index contributed by atoms with van der Waals surface area (Å²) in [6, 6.07) is 10.3. The molecule has 0 aliphatic rings. The van der Waals surface area contributed by atoms with E-state index in [4.69, 9.17) is 21.4 Å². The summed E-state index contributed by atoms with van der Waals surface area (Å²) < 4.78 is 5.73. The highest BCUT2D eigenvalue weighted by Gasteiger charge is 2.09. The lowest BCUT2D eigenvalue weighted by Crippen LogP contribution is -1.96. The summed E-state index contributed by atoms with van der Waals surface area (Å²) in [5.41, 5.74) is 2.21. The van der Waals surface area contributed by atoms with Crippen molar-refractivity contribution in [3.8, 4) is 11.5 Å². The van der Waals surface area contributed by atoms with E-state index in [1.807, 2.05) is 32.0 Å². The molecule has 98 valence electrons. The van der Waals surface area contributed by atoms with Crippen molar-refractivity contribution in [1.29, 1.82) is 0 Å². The molecule has 0 unspecified atom stereocenters. The highest BCUT2D eigenvalue weighted by atomic mass is 35.5. The van der Waals surface area contributed by atoms with Gasteiger partial charge in [-0.05, 0) is 49.2 Å². The largest absolute Gasteiger partial charge is 0.478 e. The van der Waals surface area contributed by atoms with Crippen molar-refractivity contribution in [3.05, 3.63) is 58.1 Å². The van der Waals surface area contributed by atoms with E-state index in [1.54, 1.807) is 6.07 Å². The number of hydrogen-bond acceptors (Lipinski definition) is 2. The molecule has 0 heterocycles. The third-order valence-electron chi connectivity index (χ3n) is 2.74. The lowest BCUT2D eigenvalue weighted by molar-refractivity contribution is 0.0697. The zero-order chi connectivity index (χ0) is 14.0. The van der Waals surface area contributed by atoms with Gasteiger partial charge in [0.25, 0.3) is 0 Å². The third-order valence-corrected chi connectivity index (χ3v) is 3.04. The quantitative estimate of drug-likeness (QED) is 0.901. The number of hydrogen-bond donors (Lipinski definition) is 1. The van der Waals surface area contributed by atoms with Crippen LogP contribution in [-0.4, -0.2) is 11.1 Å². The van der Waals surface area contributed by atoms with Gasteiger partial charge in [0, 0.05) is 0 Å². The van der Waals surface area contributed by atoms with Gasteiger partial charge in [0.05, 0.1) is 10.6 Å². The van der Waals surface area contributed by atoms with Gasteiger partial charge >= 0.3 is 5.97 Å². The Morgan fingerprint density at radius 3 is 2.47 bits per heavy atom. The molecule has 2 aromatic carbocycles. The average molecular weight is 277 g/mol. The monoisotopic (exact) mass is 276 g/mol. The summed E-state index contributed by atoms with van der Waals surface area (Å²) in [6.45, 7) is 3.91. The Labute approximate surface area is 116 Å². The van der Waals surface area contributed by atoms with Gasteiger partial charge < -0.3 is 9.84 Å². The van der Waals surface area contributed by atoms with Crippen LogP contribution >= 0.6 is 11.6 Å². The number of ether oxygens (including phenoxy) is 1. The summed E-state index contributed by atoms with van der Waals surface area (Å²) in [5, 5.41) is 9.15. The van der Waals surface area contributed by atoms with E-state index in [-0.39, 0.29) is 10.6 Å². The number of halogens is 1. The van der Waals surface area contributed by atoms with Crippen molar-refractivity contribution >= 4 is 17.6 Å². The Balaban J connectivity index is 2.33. The molecule has 0 saturated heterocycles. The molecule has 3 nitrogen and oxygen atoms in total. The molecule has 0 aliphatic carbocycles. The van der Waals surface area contributed by atoms with Gasteiger partial charge in [-0.15, -0.1) is 0 Å². The van der Waals surface area contributed by atoms with Gasteiger partial charge in [-0.1, -0.05) is 23.7 Å². The van der Waals surface area contributed by atoms with Gasteiger partial charge in [0.1, 0.15) is 11.5 Å². The molecule has 2 aromatic rings. The maximum absolute atomic E-state index is 10.8. The molecule has 0 aliphatic heterocycles. The minimum Gasteiger partial charge on any atom is -0.478 e. The number of carboxylic acids is 1. The van der Waals surface area contributed by atoms with Gasteiger partial charge in [-0.25, -0.2) is 4.79 Å². The number of rotatable bonds is 3. The summed E-state index contributed by atoms with van der Waals surface area (Å²) in [7, 11) is 0. The Morgan fingerprint density at radius 2 is 1.84 bits per heavy atom. The van der Waals surface area contributed by atoms with Gasteiger partial charge in [-0.2, -0.15) is 0 Å². The van der Waals surface area contributed by atoms with Crippen molar-refractivity contribution in [2.45, 2.75) is 13.8 Å². The summed E-state index contributed by atoms with van der Waals surface area (Å²) in [4.78, 5) is 10.8. The Morgan fingerprint density at radius 1 is 1.11 bits per heavy atom. The Bertz CT molecular complexity index is 635. The van der Waals surface area contributed by atoms with Crippen LogP contribution in [0.1, 0.15) is 21.5 Å². The molecule has 0 amide bonds. The fraction of sp³-hybridized carbons (Fsp3) is 0.133. The standard InChI is InChI=1S/C15H13ClO3/c1-9-3-4-10(2)14(7-9)19-13-6-5-11(15(17)18)8-12(13)16/h3-8H,1-2H3,(H,17,18). The first-order chi connectivity index (χ1) is 8.97. The second-order valence-corrected chi connectivity index (χ2v) is 4.73. The predicted octanol–water partition coefficient (Wildman–Crippen LogP) is 4.45. The van der Waals surface area contributed by atoms with E-state index < -0.39 is 5.97 Å². The maximum Gasteiger partial charge on any atom is 0.335 e. The molecule has 4 heteroatoms. The molecule has 0 spiro atoms. The highest BCUT2D eigenvalue weighted by molar-refractivity contribution is 6.32. The SMILES string of the molecule is Cc1ccc(C)c(Oc2ccc(C(=O)O)cc2Cl)c1. The third kappa shape index (κ3) is 3.06. The van der Waals surface area contributed by atoms with Crippen molar-refractivity contribution in [2.24, 2.45) is 0 Å². The van der Waals surface area contributed by atoms with Crippen LogP contribution in [0, 0.1) is 13.8 Å². The number of carboxylic acid groups (broad SMARTS) is 1. The van der Waals surface area contributed by atoms with Crippen LogP contribution in [0.15, 0.2) is 36.4 Å². The summed E-state index contributed by atoms with van der Waals surface area (Å²) in [6.07, 6.45) is 0. The fourth-order valence-electron chi connectivity index (χ4n) is 1.65. The maximum atomic E-state index is 10.8. The molecule has 0 bridgehead atoms. The summed E-state index contributed by atoms with van der Waals surface area (Å²) in [5.74, 6) is 0.144. The van der Waals surface area contributed by atoms with E-state index in [9.17, 15) is 4.79 Å². The van der Waals surface area contributed by atoms with Crippen LogP contribution in [0.5, 0.6) is 11.5 Å². The van der Waals surface area contributed by atoms with E-state index in [1.165, 1.54) is 12.1 Å². The van der Waals surface area contributed by atoms with Crippen molar-refractivity contribution in [3.63, 3.8) is 0 Å². The van der Waals surface area contributed by atoms with Crippen LogP contribution in [0.3, 0.4) is 0 Å². The topological polar surface area (TPSA) is 46.5 Å². The lowest BCUT2D eigenvalue weighted by Gasteiger charge is -2.11. The smallest absolute Gasteiger partial charge is 0.335 e. The minimum absolute atomic E-state index is 0.137. The Hall–Kier alpha value is -2.00. The van der Waals surface area contributed by atoms with Gasteiger partial charge in [-0.3, -0.25) is 0 Å². The average Bonchev–Trinajstić information content (AvgIpc) is 2.36. The van der Waals surface area contributed by atoms with Crippen LogP contribution in [0.4, 0.5) is 0 Å². The number of aryl methyl sites for hydroxylation is 2. The molecular weight excluding hydrogens is 264 g/mol. The fourth-order valence-corrected chi connectivity index (χ4v) is 1.87. The molecule has 0 atom stereocenters. The number of benzene rings is 2. The second-order valence-electron chi connectivity index (χ2n) is 4.32. The first-order valence-corrected chi connectivity index (χ1v) is 6.13. The normalized spacial score (nSPS) is 10.3. The molecule has 0 fully saturated rings. The van der Waals surface area contributed by atoms with E-state index in [0.717, 1.165) is 11.1 Å². The van der Waals surface area contributed by atoms with Crippen LogP contribution in [0.25, 0.3) is 0 Å². The summed E-state index contributed by atoms with van der Waals surface area (Å²) >= 11 is 6.03. The Kier molecular flexibility index (Phi) is 3.76. The van der Waals surface area contributed by atoms with Crippen molar-refractivity contribution < 1.29 is 14.6 Å². The highest BCUT2D eigenvalue weighted by Crippen LogP contribution is 2.32. The van der Waals surface area contributed by atoms with Crippen molar-refractivity contribution in [1.82, 2.24) is 0 Å². The van der Waals surface area contributed by atoms with Gasteiger partial charge in [0.2, 0.25) is 0 Å². The number of aromatic carboxylic acids is 1. The molecule has 2 rings (SSSR count). The first-order valence-electron chi connectivity index (χ1n) is 5.75. The molecule has 0 saturated carbocycles. The molecule has 0 aromatic heterocycles. The van der Waals surface area contributed by atoms with Gasteiger partial charge in [0.15, 0.2) is 0 Å². The van der Waals surface area contributed by atoms with Crippen LogP contribution in [-0.2, 0) is 0 Å². The zero-order valence-corrected chi connectivity index (χ0v) is 11.4. The molecule has 19 heavy (non-hydrogen) atoms. The number of carbonyl (C=O) groups is 1. The van der Waals surface area contributed by atoms with Crippen LogP contribution in [0.2, 0.25) is 5.02 Å².